The van der Waals surface area contributed by atoms with Crippen LogP contribution in [0.4, 0.5) is 8.78 Å². The minimum absolute atomic E-state index is 0.0199. The van der Waals surface area contributed by atoms with Crippen LogP contribution < -0.4 is 11.1 Å². The number of nitrogens with one attached hydrogen (secondary N) is 1. The zero-order valence-corrected chi connectivity index (χ0v) is 36.8. The van der Waals surface area contributed by atoms with Crippen molar-refractivity contribution in [1.82, 2.24) is 5.32 Å². The molecule has 3 aromatic rings. The number of ketones is 1. The quantitative estimate of drug-likeness (QED) is 0.208. The highest BCUT2D eigenvalue weighted by atomic mass is 19.3. The van der Waals surface area contributed by atoms with Crippen LogP contribution >= 0.6 is 0 Å². The average molecular weight is 856 g/mol. The van der Waals surface area contributed by atoms with Crippen LogP contribution in [0.2, 0.25) is 0 Å². The van der Waals surface area contributed by atoms with Gasteiger partial charge in [-0.15, -0.1) is 0 Å². The Hall–Kier alpha value is -4.87. The Labute approximate surface area is 361 Å². The number of alkyl halides is 2. The molecular weight excluding hydrogens is 797 g/mol. The molecule has 2 aromatic carbocycles. The summed E-state index contributed by atoms with van der Waals surface area (Å²) in [4.78, 5) is 68.6. The van der Waals surface area contributed by atoms with Crippen molar-refractivity contribution in [1.29, 1.82) is 0 Å². The van der Waals surface area contributed by atoms with Gasteiger partial charge >= 0.3 is 24.2 Å². The predicted molar refractivity (Wildman–Crippen MR) is 224 cm³/mol. The van der Waals surface area contributed by atoms with Gasteiger partial charge in [0.05, 0.1) is 10.8 Å². The first-order chi connectivity index (χ1) is 29.2. The Kier molecular flexibility index (Phi) is 10.9. The Morgan fingerprint density at radius 3 is 2.03 bits per heavy atom. The van der Waals surface area contributed by atoms with E-state index in [1.54, 1.807) is 6.92 Å². The maximum Gasteiger partial charge on any atom is 0.519 e. The molecule has 1 heterocycles. The SMILES string of the molecule is Cc1oc(=O)oc1COC(=O)[C@@]1(C)C2CC[C@]3(C)C(C(=O)C=C4[C@@H]5C[C@@](C)(C(=O)OC(c6ccccc6)c6ccccc6)CC[C@]5(C)CC[C@]43C)[C@@]2(C)CC[C@@H]1NC(=O)C(F)F. The third-order valence-electron chi connectivity index (χ3n) is 17.3. The van der Waals surface area contributed by atoms with Gasteiger partial charge in [-0.25, -0.2) is 4.79 Å². The third-order valence-corrected chi connectivity index (χ3v) is 17.3. The number of esters is 2. The van der Waals surface area contributed by atoms with Crippen molar-refractivity contribution < 1.29 is 46.3 Å². The van der Waals surface area contributed by atoms with Crippen molar-refractivity contribution in [3.63, 3.8) is 0 Å². The van der Waals surface area contributed by atoms with Crippen molar-refractivity contribution in [2.45, 2.75) is 131 Å². The molecule has 1 amide bonds. The summed E-state index contributed by atoms with van der Waals surface area (Å²) >= 11 is 0. The number of carbonyl (C=O) groups is 4. The molecule has 8 rings (SSSR count). The van der Waals surface area contributed by atoms with Gasteiger partial charge in [0.2, 0.25) is 0 Å². The monoisotopic (exact) mass is 855 g/mol. The summed E-state index contributed by atoms with van der Waals surface area (Å²) in [5.41, 5.74) is -1.37. The van der Waals surface area contributed by atoms with Gasteiger partial charge in [0, 0.05) is 12.0 Å². The first-order valence-electron chi connectivity index (χ1n) is 22.1. The van der Waals surface area contributed by atoms with E-state index in [2.05, 4.69) is 26.1 Å². The van der Waals surface area contributed by atoms with Crippen LogP contribution in [0.5, 0.6) is 0 Å². The number of hydrogen-bond donors (Lipinski definition) is 1. The minimum atomic E-state index is -3.29. The normalized spacial score (nSPS) is 36.4. The molecule has 12 heteroatoms. The summed E-state index contributed by atoms with van der Waals surface area (Å²) in [6.07, 6.45) is 3.38. The van der Waals surface area contributed by atoms with Gasteiger partial charge in [-0.2, -0.15) is 8.78 Å². The summed E-state index contributed by atoms with van der Waals surface area (Å²) in [6, 6.07) is 18.5. The number of fused-ring (bicyclic) bond motifs is 7. The summed E-state index contributed by atoms with van der Waals surface area (Å²) in [5, 5.41) is 2.47. The summed E-state index contributed by atoms with van der Waals surface area (Å²) in [6.45, 7) is 13.6. The van der Waals surface area contributed by atoms with Crippen LogP contribution in [0.15, 0.2) is 85.9 Å². The number of halogens is 2. The van der Waals surface area contributed by atoms with Crippen LogP contribution in [-0.2, 0) is 35.3 Å². The minimum Gasteiger partial charge on any atom is -0.457 e. The fourth-order valence-electron chi connectivity index (χ4n) is 13.4. The van der Waals surface area contributed by atoms with E-state index in [4.69, 9.17) is 18.3 Å². The van der Waals surface area contributed by atoms with E-state index >= 15 is 4.79 Å². The Morgan fingerprint density at radius 1 is 0.806 bits per heavy atom. The molecule has 5 aliphatic rings. The van der Waals surface area contributed by atoms with Crippen molar-refractivity contribution in [2.75, 3.05) is 0 Å². The number of rotatable bonds is 9. The van der Waals surface area contributed by atoms with E-state index in [-0.39, 0.29) is 41.0 Å². The molecule has 5 aliphatic carbocycles. The van der Waals surface area contributed by atoms with E-state index in [0.29, 0.717) is 32.1 Å². The molecule has 0 radical (unpaired) electrons. The lowest BCUT2D eigenvalue weighted by atomic mass is 9.33. The lowest BCUT2D eigenvalue weighted by Crippen LogP contribution is -2.69. The van der Waals surface area contributed by atoms with Gasteiger partial charge in [-0.1, -0.05) is 93.9 Å². The fourth-order valence-corrected chi connectivity index (χ4v) is 13.4. The number of carbonyl (C=O) groups excluding carboxylic acids is 4. The summed E-state index contributed by atoms with van der Waals surface area (Å²) in [5.74, 6) is -4.41. The molecule has 2 unspecified atom stereocenters. The first-order valence-corrected chi connectivity index (χ1v) is 22.1. The van der Waals surface area contributed by atoms with Crippen molar-refractivity contribution in [3.05, 3.63) is 106 Å². The Balaban J connectivity index is 1.12. The lowest BCUT2D eigenvalue weighted by molar-refractivity contribution is -0.206. The van der Waals surface area contributed by atoms with E-state index in [1.807, 2.05) is 80.6 Å². The van der Waals surface area contributed by atoms with E-state index in [1.165, 1.54) is 6.92 Å². The summed E-state index contributed by atoms with van der Waals surface area (Å²) in [7, 11) is 0. The van der Waals surface area contributed by atoms with Crippen molar-refractivity contribution in [3.8, 4) is 0 Å². The number of hydrogen-bond acceptors (Lipinski definition) is 9. The fraction of sp³-hybridized carbons (Fsp3) is 0.580. The van der Waals surface area contributed by atoms with Crippen molar-refractivity contribution >= 4 is 23.6 Å². The zero-order chi connectivity index (χ0) is 44.6. The van der Waals surface area contributed by atoms with Crippen molar-refractivity contribution in [2.24, 2.45) is 50.2 Å². The number of aryl methyl sites for hydroxylation is 1. The topological polar surface area (TPSA) is 142 Å². The Bertz CT molecular complexity index is 2300. The maximum atomic E-state index is 15.2. The van der Waals surface area contributed by atoms with Gasteiger partial charge in [0.15, 0.2) is 30.0 Å². The molecule has 332 valence electrons. The van der Waals surface area contributed by atoms with Crippen LogP contribution in [0, 0.1) is 57.2 Å². The predicted octanol–water partition coefficient (Wildman–Crippen LogP) is 9.63. The van der Waals surface area contributed by atoms with Gasteiger partial charge < -0.3 is 23.6 Å². The second-order valence-electron chi connectivity index (χ2n) is 20.6. The van der Waals surface area contributed by atoms with E-state index in [0.717, 1.165) is 36.0 Å². The smallest absolute Gasteiger partial charge is 0.457 e. The van der Waals surface area contributed by atoms with Gasteiger partial charge in [-0.05, 0) is 129 Å². The average Bonchev–Trinajstić information content (AvgIpc) is 3.57. The molecule has 0 spiro atoms. The van der Waals surface area contributed by atoms with E-state index < -0.39 is 81.8 Å². The molecule has 62 heavy (non-hydrogen) atoms. The lowest BCUT2D eigenvalue weighted by Gasteiger charge is -2.70. The molecular formula is C50H59F2NO9. The highest BCUT2D eigenvalue weighted by molar-refractivity contribution is 5.96. The number of allylic oxidation sites excluding steroid dienone is 2. The van der Waals surface area contributed by atoms with Gasteiger partial charge in [0.25, 0.3) is 5.91 Å². The summed E-state index contributed by atoms with van der Waals surface area (Å²) < 4.78 is 49.9. The third kappa shape index (κ3) is 6.80. The van der Waals surface area contributed by atoms with Crippen LogP contribution in [0.1, 0.15) is 128 Å². The van der Waals surface area contributed by atoms with E-state index in [9.17, 15) is 28.0 Å². The molecule has 10 atom stereocenters. The molecule has 1 N–H and O–H groups in total. The maximum absolute atomic E-state index is 15.2. The molecule has 10 nitrogen and oxygen atoms in total. The standard InChI is InChI=1S/C50H59F2NO9/c1-29-35(61-44(58)60-29)28-59-43(57)50(7)36-18-21-49(6)39(47(36,4)20-19-37(50)53-41(55)40(51)52)34(54)26-32-33-27-46(3,23-22-45(33,2)24-25-48(32,49)5)42(56)62-38(30-14-10-8-11-15-30)31-16-12-9-13-17-31/h8-17,26,33,36-40H,18-25,27-28H2,1-7H3,(H,53,55)/t33-,36?,37-,39?,45+,46-,47-,48+,49+,50-/m0/s1. The van der Waals surface area contributed by atoms with Crippen LogP contribution in [-0.4, -0.2) is 36.1 Å². The Morgan fingerprint density at radius 2 is 1.44 bits per heavy atom. The number of amides is 1. The molecule has 4 fully saturated rings. The second kappa shape index (κ2) is 15.4. The molecule has 0 aliphatic heterocycles. The van der Waals surface area contributed by atoms with Crippen LogP contribution in [0.25, 0.3) is 0 Å². The largest absolute Gasteiger partial charge is 0.519 e. The molecule has 0 bridgehead atoms. The highest BCUT2D eigenvalue weighted by Gasteiger charge is 2.72. The molecule has 0 saturated heterocycles. The number of benzene rings is 2. The van der Waals surface area contributed by atoms with Crippen LogP contribution in [0.3, 0.4) is 0 Å². The number of ether oxygens (including phenoxy) is 2. The first kappa shape index (κ1) is 43.8. The van der Waals surface area contributed by atoms with Gasteiger partial charge in [0.1, 0.15) is 0 Å². The molecule has 4 saturated carbocycles. The van der Waals surface area contributed by atoms with Gasteiger partial charge in [-0.3, -0.25) is 19.2 Å². The molecule has 1 aromatic heterocycles. The highest BCUT2D eigenvalue weighted by Crippen LogP contribution is 2.75. The zero-order valence-electron chi connectivity index (χ0n) is 36.8. The second-order valence-corrected chi connectivity index (χ2v) is 20.6.